The van der Waals surface area contributed by atoms with Crippen LogP contribution in [-0.2, 0) is 13.1 Å². The van der Waals surface area contributed by atoms with Gasteiger partial charge in [0.1, 0.15) is 11.9 Å². The van der Waals surface area contributed by atoms with Crippen LogP contribution in [0.3, 0.4) is 0 Å². The Morgan fingerprint density at radius 2 is 1.28 bits per heavy atom. The predicted molar refractivity (Wildman–Crippen MR) is 138 cm³/mol. The number of aliphatic hydroxyl groups is 1. The minimum absolute atomic E-state index is 0. The van der Waals surface area contributed by atoms with E-state index < -0.39 is 6.10 Å². The Morgan fingerprint density at radius 3 is 1.67 bits per heavy atom. The Hall–Kier alpha value is -2.59. The fraction of sp³-hybridized carbons (Fsp3) is 0.346. The quantitative estimate of drug-likeness (QED) is 0.320. The number of hydrogen-bond donors (Lipinski definition) is 1. The molecule has 0 aliphatic heterocycles. The number of imidazole rings is 2. The molecule has 183 valence electrons. The molecule has 2 aromatic carbocycles. The number of rotatable bonds is 6. The van der Waals surface area contributed by atoms with Crippen LogP contribution >= 0.6 is 0 Å². The van der Waals surface area contributed by atoms with Crippen LogP contribution in [0.1, 0.15) is 86.2 Å². The molecule has 1 unspecified atom stereocenters. The Labute approximate surface area is 236 Å². The summed E-state index contributed by atoms with van der Waals surface area (Å²) in [5.41, 5.74) is 4.57. The first kappa shape index (κ1) is 31.4. The third-order valence-corrected chi connectivity index (χ3v) is 5.66. The van der Waals surface area contributed by atoms with Crippen molar-refractivity contribution in [1.82, 2.24) is 19.1 Å². The first-order chi connectivity index (χ1) is 16.1. The third kappa shape index (κ3) is 6.39. The number of aliphatic hydroxyl groups excluding tert-OH is 1. The van der Waals surface area contributed by atoms with E-state index >= 15 is 0 Å². The molecular formula is C26H31BN4NaO4. The molecule has 4 rings (SSSR count). The molecule has 0 amide bonds. The maximum atomic E-state index is 11.5. The van der Waals surface area contributed by atoms with Crippen molar-refractivity contribution < 1.29 is 50.5 Å². The van der Waals surface area contributed by atoms with Gasteiger partial charge in [-0.2, -0.15) is 0 Å². The zero-order valence-electron chi connectivity index (χ0n) is 23.0. The number of benzene rings is 2. The maximum absolute atomic E-state index is 11.5. The second-order valence-corrected chi connectivity index (χ2v) is 8.15. The summed E-state index contributed by atoms with van der Waals surface area (Å²) in [6, 6.07) is 10.8. The maximum Gasteiger partial charge on any atom is 1.00 e. The number of ketones is 3. The van der Waals surface area contributed by atoms with E-state index in [9.17, 15) is 19.5 Å². The molecule has 4 aromatic rings. The van der Waals surface area contributed by atoms with Gasteiger partial charge in [-0.25, -0.2) is 9.97 Å². The third-order valence-electron chi connectivity index (χ3n) is 5.66. The number of aryl methyl sites for hydroxylation is 2. The van der Waals surface area contributed by atoms with E-state index in [0.29, 0.717) is 34.8 Å². The molecule has 0 saturated heterocycles. The SMILES string of the molecule is CCn1c(C(C)=O)nc2cc(C(C)=O)ccc21.CCn1c(C(C)O)nc2cc(C(C)=O)ccc21.[B].[H-].[Na+]. The summed E-state index contributed by atoms with van der Waals surface area (Å²) in [4.78, 5) is 42.7. The molecule has 0 fully saturated rings. The zero-order valence-corrected chi connectivity index (χ0v) is 24.0. The van der Waals surface area contributed by atoms with Gasteiger partial charge in [0.05, 0.1) is 22.1 Å². The smallest absolute Gasteiger partial charge is 1.00 e. The minimum atomic E-state index is -0.608. The Morgan fingerprint density at radius 1 is 0.833 bits per heavy atom. The van der Waals surface area contributed by atoms with Gasteiger partial charge in [-0.3, -0.25) is 14.4 Å². The van der Waals surface area contributed by atoms with Gasteiger partial charge in [-0.1, -0.05) is 0 Å². The molecule has 0 spiro atoms. The van der Waals surface area contributed by atoms with Gasteiger partial charge in [-0.15, -0.1) is 0 Å². The van der Waals surface area contributed by atoms with Crippen LogP contribution in [0.15, 0.2) is 36.4 Å². The second-order valence-electron chi connectivity index (χ2n) is 8.15. The zero-order chi connectivity index (χ0) is 25.2. The van der Waals surface area contributed by atoms with Crippen molar-refractivity contribution in [3.63, 3.8) is 0 Å². The van der Waals surface area contributed by atoms with Crippen LogP contribution in [0.2, 0.25) is 0 Å². The molecule has 2 heterocycles. The van der Waals surface area contributed by atoms with Crippen LogP contribution in [0.25, 0.3) is 22.1 Å². The van der Waals surface area contributed by atoms with E-state index in [1.807, 2.05) is 35.1 Å². The van der Waals surface area contributed by atoms with E-state index in [1.165, 1.54) is 20.8 Å². The van der Waals surface area contributed by atoms with Crippen LogP contribution in [0, 0.1) is 0 Å². The summed E-state index contributed by atoms with van der Waals surface area (Å²) in [7, 11) is 0. The van der Waals surface area contributed by atoms with Gasteiger partial charge in [0.15, 0.2) is 23.2 Å². The molecule has 0 bridgehead atoms. The standard InChI is InChI=1S/C13H16N2O2.C13H14N2O2.B.Na.H/c2*1-4-15-12-6-5-10(8(2)16)7-11(12)14-13(15)9(3)17;;;/h5-7,9,17H,4H2,1-3H3;5-7H,4H2,1-3H3;;;/q;;;+1;-1. The molecule has 1 atom stereocenters. The van der Waals surface area contributed by atoms with Crippen molar-refractivity contribution in [3.05, 3.63) is 59.2 Å². The molecule has 8 nitrogen and oxygen atoms in total. The van der Waals surface area contributed by atoms with Crippen molar-refractivity contribution in [2.75, 3.05) is 0 Å². The van der Waals surface area contributed by atoms with Crippen LogP contribution in [-0.4, -0.2) is 50.0 Å². The number of hydrogen-bond acceptors (Lipinski definition) is 6. The van der Waals surface area contributed by atoms with E-state index in [2.05, 4.69) is 9.97 Å². The van der Waals surface area contributed by atoms with Gasteiger partial charge >= 0.3 is 29.6 Å². The molecule has 3 radical (unpaired) electrons. The summed E-state index contributed by atoms with van der Waals surface area (Å²) in [5.74, 6) is 1.05. The summed E-state index contributed by atoms with van der Waals surface area (Å²) in [5, 5.41) is 9.66. The predicted octanol–water partition coefficient (Wildman–Crippen LogP) is 1.51. The van der Waals surface area contributed by atoms with Crippen molar-refractivity contribution in [3.8, 4) is 0 Å². The average molecular weight is 497 g/mol. The number of carbonyl (C=O) groups excluding carboxylic acids is 3. The number of fused-ring (bicyclic) bond motifs is 2. The fourth-order valence-corrected chi connectivity index (χ4v) is 3.96. The van der Waals surface area contributed by atoms with Crippen molar-refractivity contribution >= 4 is 47.8 Å². The summed E-state index contributed by atoms with van der Waals surface area (Å²) in [6.07, 6.45) is -0.608. The van der Waals surface area contributed by atoms with Crippen molar-refractivity contribution in [2.24, 2.45) is 0 Å². The minimum Gasteiger partial charge on any atom is -1.00 e. The fourth-order valence-electron chi connectivity index (χ4n) is 3.96. The van der Waals surface area contributed by atoms with E-state index in [-0.39, 0.29) is 56.7 Å². The van der Waals surface area contributed by atoms with Crippen molar-refractivity contribution in [2.45, 2.75) is 60.7 Å². The molecule has 0 aliphatic carbocycles. The summed E-state index contributed by atoms with van der Waals surface area (Å²) in [6.45, 7) is 11.6. The van der Waals surface area contributed by atoms with Crippen LogP contribution in [0.4, 0.5) is 0 Å². The average Bonchev–Trinajstić information content (AvgIpc) is 3.36. The van der Waals surface area contributed by atoms with E-state index in [1.54, 1.807) is 31.2 Å². The molecule has 0 aliphatic rings. The Balaban J connectivity index is 0.000000648. The van der Waals surface area contributed by atoms with E-state index in [0.717, 1.165) is 23.1 Å². The van der Waals surface area contributed by atoms with Gasteiger partial charge < -0.3 is 15.7 Å². The summed E-state index contributed by atoms with van der Waals surface area (Å²) < 4.78 is 3.82. The Bertz CT molecular complexity index is 1410. The van der Waals surface area contributed by atoms with Gasteiger partial charge in [0, 0.05) is 39.6 Å². The molecule has 10 heteroatoms. The number of carbonyl (C=O) groups is 3. The first-order valence-corrected chi connectivity index (χ1v) is 11.3. The van der Waals surface area contributed by atoms with Gasteiger partial charge in [-0.05, 0) is 71.0 Å². The monoisotopic (exact) mass is 497 g/mol. The Kier molecular flexibility index (Phi) is 11.4. The van der Waals surface area contributed by atoms with Crippen LogP contribution in [0.5, 0.6) is 0 Å². The molecule has 0 saturated carbocycles. The van der Waals surface area contributed by atoms with Gasteiger partial charge in [0.25, 0.3) is 0 Å². The molecular weight excluding hydrogens is 466 g/mol. The van der Waals surface area contributed by atoms with E-state index in [4.69, 9.17) is 0 Å². The number of aromatic nitrogens is 4. The number of Topliss-reactive ketones (excluding diaryl/α,β-unsaturated/α-hetero) is 3. The van der Waals surface area contributed by atoms with Crippen LogP contribution < -0.4 is 29.6 Å². The normalized spacial score (nSPS) is 11.2. The molecule has 1 N–H and O–H groups in total. The first-order valence-electron chi connectivity index (χ1n) is 11.3. The largest absolute Gasteiger partial charge is 1.00 e. The molecule has 2 aromatic heterocycles. The number of nitrogens with zero attached hydrogens (tertiary/aromatic N) is 4. The second kappa shape index (κ2) is 13.1. The van der Waals surface area contributed by atoms with Crippen molar-refractivity contribution in [1.29, 1.82) is 0 Å². The van der Waals surface area contributed by atoms with Gasteiger partial charge in [0.2, 0.25) is 0 Å². The topological polar surface area (TPSA) is 107 Å². The molecule has 36 heavy (non-hydrogen) atoms. The summed E-state index contributed by atoms with van der Waals surface area (Å²) >= 11 is 0.